The van der Waals surface area contributed by atoms with Gasteiger partial charge in [0.25, 0.3) is 0 Å². The molecule has 1 heterocycles. The Morgan fingerprint density at radius 3 is 2.92 bits per heavy atom. The molecule has 0 unspecified atom stereocenters. The van der Waals surface area contributed by atoms with Crippen LogP contribution in [0.15, 0.2) is 33.8 Å². The quantitative estimate of drug-likeness (QED) is 0.754. The number of nitrogens with one attached hydrogen (secondary N) is 1. The lowest BCUT2D eigenvalue weighted by atomic mass is 10.3. The molecule has 1 N–H and O–H groups in total. The van der Waals surface area contributed by atoms with E-state index in [2.05, 4.69) is 45.4 Å². The second kappa shape index (κ2) is 3.15. The van der Waals surface area contributed by atoms with Crippen molar-refractivity contribution in [3.63, 3.8) is 0 Å². The number of hydrogen-bond donors (Lipinski definition) is 1. The molecule has 62 valence electrons. The molecule has 0 atom stereocenters. The first-order valence-electron chi connectivity index (χ1n) is 3.62. The van der Waals surface area contributed by atoms with Gasteiger partial charge < -0.3 is 4.98 Å². The Hall–Kier alpha value is -0.410. The zero-order valence-electron chi connectivity index (χ0n) is 6.60. The van der Waals surface area contributed by atoms with Gasteiger partial charge in [-0.25, -0.2) is 0 Å². The maximum absolute atomic E-state index is 3.44. The molecule has 0 spiro atoms. The van der Waals surface area contributed by atoms with E-state index in [1.54, 1.807) is 11.8 Å². The van der Waals surface area contributed by atoms with Crippen molar-refractivity contribution in [2.24, 2.45) is 0 Å². The fourth-order valence-electron chi connectivity index (χ4n) is 1.19. The van der Waals surface area contributed by atoms with Crippen LogP contribution in [0.4, 0.5) is 0 Å². The van der Waals surface area contributed by atoms with Crippen molar-refractivity contribution in [1.29, 1.82) is 0 Å². The molecule has 3 heteroatoms. The summed E-state index contributed by atoms with van der Waals surface area (Å²) in [5, 5.41) is 2.47. The van der Waals surface area contributed by atoms with Crippen molar-refractivity contribution in [2.75, 3.05) is 6.26 Å². The smallest absolute Gasteiger partial charge is 0.0729 e. The summed E-state index contributed by atoms with van der Waals surface area (Å²) in [5.41, 5.74) is 1.20. The van der Waals surface area contributed by atoms with E-state index in [-0.39, 0.29) is 0 Å². The highest BCUT2D eigenvalue weighted by Gasteiger charge is 1.98. The second-order valence-electron chi connectivity index (χ2n) is 2.57. The molecule has 0 bridgehead atoms. The van der Waals surface area contributed by atoms with Gasteiger partial charge in [-0.3, -0.25) is 0 Å². The van der Waals surface area contributed by atoms with Gasteiger partial charge in [0.05, 0.1) is 5.03 Å². The first-order valence-corrected chi connectivity index (χ1v) is 5.63. The summed E-state index contributed by atoms with van der Waals surface area (Å²) < 4.78 is 1.13. The van der Waals surface area contributed by atoms with Crippen LogP contribution in [0.1, 0.15) is 0 Å². The number of thioether (sulfide) groups is 1. The van der Waals surface area contributed by atoms with Crippen molar-refractivity contribution in [1.82, 2.24) is 4.98 Å². The fraction of sp³-hybridized carbons (Fsp3) is 0.111. The molecule has 1 nitrogen and oxygen atoms in total. The number of hydrogen-bond acceptors (Lipinski definition) is 1. The number of rotatable bonds is 1. The van der Waals surface area contributed by atoms with Crippen molar-refractivity contribution in [3.8, 4) is 0 Å². The predicted molar refractivity (Wildman–Crippen MR) is 57.8 cm³/mol. The first-order chi connectivity index (χ1) is 5.79. The molecule has 0 fully saturated rings. The molecule has 0 saturated carbocycles. The van der Waals surface area contributed by atoms with Gasteiger partial charge in [-0.2, -0.15) is 0 Å². The molecule has 2 aromatic rings. The van der Waals surface area contributed by atoms with Crippen LogP contribution in [0.3, 0.4) is 0 Å². The van der Waals surface area contributed by atoms with Crippen LogP contribution in [-0.4, -0.2) is 11.2 Å². The first kappa shape index (κ1) is 8.20. The van der Waals surface area contributed by atoms with Gasteiger partial charge in [-0.1, -0.05) is 15.9 Å². The summed E-state index contributed by atoms with van der Waals surface area (Å²) in [5.74, 6) is 0. The van der Waals surface area contributed by atoms with Crippen LogP contribution in [0.5, 0.6) is 0 Å². The summed E-state index contributed by atoms with van der Waals surface area (Å²) in [6, 6.07) is 8.40. The van der Waals surface area contributed by atoms with E-state index >= 15 is 0 Å². The summed E-state index contributed by atoms with van der Waals surface area (Å²) in [7, 11) is 0. The highest BCUT2D eigenvalue weighted by Crippen LogP contribution is 2.24. The average molecular weight is 242 g/mol. The predicted octanol–water partition coefficient (Wildman–Crippen LogP) is 3.65. The van der Waals surface area contributed by atoms with Gasteiger partial charge >= 0.3 is 0 Å². The van der Waals surface area contributed by atoms with Gasteiger partial charge in [-0.05, 0) is 30.5 Å². The Kier molecular flexibility index (Phi) is 2.15. The number of aromatic nitrogens is 1. The minimum Gasteiger partial charge on any atom is -0.350 e. The number of aromatic amines is 1. The Balaban J connectivity index is 2.67. The Bertz CT molecular complexity index is 408. The van der Waals surface area contributed by atoms with Gasteiger partial charge in [0.2, 0.25) is 0 Å². The van der Waals surface area contributed by atoms with Crippen molar-refractivity contribution >= 4 is 38.6 Å². The van der Waals surface area contributed by atoms with Gasteiger partial charge in [0.1, 0.15) is 0 Å². The number of H-pyrrole nitrogens is 1. The SMILES string of the molecule is CSc1cc2cc(Br)ccc2[nH]1. The minimum absolute atomic E-state index is 1.13. The zero-order valence-corrected chi connectivity index (χ0v) is 9.00. The van der Waals surface area contributed by atoms with E-state index in [4.69, 9.17) is 0 Å². The molecule has 0 amide bonds. The van der Waals surface area contributed by atoms with Crippen LogP contribution >= 0.6 is 27.7 Å². The largest absolute Gasteiger partial charge is 0.350 e. The van der Waals surface area contributed by atoms with Crippen LogP contribution in [0.25, 0.3) is 10.9 Å². The Labute approximate surface area is 83.7 Å². The van der Waals surface area contributed by atoms with E-state index in [1.165, 1.54) is 15.9 Å². The van der Waals surface area contributed by atoms with Crippen LogP contribution in [0.2, 0.25) is 0 Å². The van der Waals surface area contributed by atoms with Crippen molar-refractivity contribution in [2.45, 2.75) is 5.03 Å². The minimum atomic E-state index is 1.13. The van der Waals surface area contributed by atoms with Crippen LogP contribution in [0, 0.1) is 0 Å². The van der Waals surface area contributed by atoms with Crippen LogP contribution in [-0.2, 0) is 0 Å². The lowest BCUT2D eigenvalue weighted by Crippen LogP contribution is -1.67. The van der Waals surface area contributed by atoms with Gasteiger partial charge in [0.15, 0.2) is 0 Å². The zero-order chi connectivity index (χ0) is 8.55. The summed E-state index contributed by atoms with van der Waals surface area (Å²) in [6.07, 6.45) is 2.07. The van der Waals surface area contributed by atoms with E-state index in [0.29, 0.717) is 0 Å². The van der Waals surface area contributed by atoms with E-state index in [9.17, 15) is 0 Å². The summed E-state index contributed by atoms with van der Waals surface area (Å²) in [6.45, 7) is 0. The molecule has 1 aromatic heterocycles. The third-order valence-electron chi connectivity index (χ3n) is 1.78. The van der Waals surface area contributed by atoms with Crippen molar-refractivity contribution in [3.05, 3.63) is 28.7 Å². The normalized spacial score (nSPS) is 10.8. The topological polar surface area (TPSA) is 15.8 Å². The number of halogens is 1. The van der Waals surface area contributed by atoms with E-state index in [0.717, 1.165) is 4.47 Å². The lowest BCUT2D eigenvalue weighted by molar-refractivity contribution is 1.24. The summed E-state index contributed by atoms with van der Waals surface area (Å²) >= 11 is 5.17. The Morgan fingerprint density at radius 1 is 1.33 bits per heavy atom. The van der Waals surface area contributed by atoms with Gasteiger partial charge in [0, 0.05) is 15.4 Å². The molecule has 0 radical (unpaired) electrons. The van der Waals surface area contributed by atoms with E-state index in [1.807, 2.05) is 6.07 Å². The molecule has 0 aliphatic rings. The molecular formula is C9H8BrNS. The number of fused-ring (bicyclic) bond motifs is 1. The highest BCUT2D eigenvalue weighted by molar-refractivity contribution is 9.10. The van der Waals surface area contributed by atoms with E-state index < -0.39 is 0 Å². The van der Waals surface area contributed by atoms with Gasteiger partial charge in [-0.15, -0.1) is 11.8 Å². The highest BCUT2D eigenvalue weighted by atomic mass is 79.9. The third kappa shape index (κ3) is 1.39. The maximum atomic E-state index is 3.44. The molecule has 1 aromatic carbocycles. The molecule has 0 aliphatic carbocycles. The maximum Gasteiger partial charge on any atom is 0.0729 e. The Morgan fingerprint density at radius 2 is 2.17 bits per heavy atom. The molecular weight excluding hydrogens is 234 g/mol. The fourth-order valence-corrected chi connectivity index (χ4v) is 2.02. The molecule has 0 aliphatic heterocycles. The standard InChI is InChI=1S/C9H8BrNS/c1-12-9-5-6-4-7(10)2-3-8(6)11-9/h2-5,11H,1H3. The third-order valence-corrected chi connectivity index (χ3v) is 2.93. The van der Waals surface area contributed by atoms with Crippen LogP contribution < -0.4 is 0 Å². The summed E-state index contributed by atoms with van der Waals surface area (Å²) in [4.78, 5) is 3.31. The molecule has 12 heavy (non-hydrogen) atoms. The average Bonchev–Trinajstić information content (AvgIpc) is 2.46. The lowest BCUT2D eigenvalue weighted by Gasteiger charge is -1.89. The molecule has 0 saturated heterocycles. The van der Waals surface area contributed by atoms with Crippen molar-refractivity contribution < 1.29 is 0 Å². The molecule has 2 rings (SSSR count). The monoisotopic (exact) mass is 241 g/mol. The second-order valence-corrected chi connectivity index (χ2v) is 4.33. The number of benzene rings is 1.